The van der Waals surface area contributed by atoms with Crippen molar-refractivity contribution in [2.45, 2.75) is 59.1 Å². The molecule has 2 aromatic rings. The lowest BCUT2D eigenvalue weighted by Gasteiger charge is -2.39. The molecule has 3 atom stereocenters. The second kappa shape index (κ2) is 10.1. The van der Waals surface area contributed by atoms with Crippen molar-refractivity contribution < 1.29 is 18.7 Å². The highest BCUT2D eigenvalue weighted by Gasteiger charge is 2.44. The minimum absolute atomic E-state index is 0.0333. The molecule has 2 fully saturated rings. The summed E-state index contributed by atoms with van der Waals surface area (Å²) in [5.41, 5.74) is 4.49. The van der Waals surface area contributed by atoms with E-state index in [1.807, 2.05) is 17.9 Å². The van der Waals surface area contributed by atoms with Gasteiger partial charge in [-0.25, -0.2) is 8.78 Å². The van der Waals surface area contributed by atoms with Crippen LogP contribution in [0, 0.1) is 31.4 Å². The van der Waals surface area contributed by atoms with Crippen LogP contribution in [0.4, 0.5) is 14.5 Å². The highest BCUT2D eigenvalue weighted by atomic mass is 19.1. The number of aliphatic hydroxyl groups is 1. The quantitative estimate of drug-likeness (QED) is 0.657. The number of anilines is 1. The van der Waals surface area contributed by atoms with E-state index in [9.17, 15) is 18.7 Å². The number of halogens is 2. The van der Waals surface area contributed by atoms with Crippen LogP contribution in [0.3, 0.4) is 0 Å². The molecule has 2 heterocycles. The lowest BCUT2D eigenvalue weighted by atomic mass is 9.87. The van der Waals surface area contributed by atoms with Crippen LogP contribution in [-0.4, -0.2) is 65.6 Å². The lowest BCUT2D eigenvalue weighted by Crippen LogP contribution is -2.51. The molecule has 0 bridgehead atoms. The Balaban J connectivity index is 1.53. The fourth-order valence-electron chi connectivity index (χ4n) is 5.55. The average molecular weight is 500 g/mol. The van der Waals surface area contributed by atoms with Crippen LogP contribution in [0.25, 0.3) is 0 Å². The summed E-state index contributed by atoms with van der Waals surface area (Å²) in [7, 11) is 0. The maximum atomic E-state index is 14.8. The summed E-state index contributed by atoms with van der Waals surface area (Å²) in [6.07, 6.45) is -0.577. The first kappa shape index (κ1) is 26.6. The first-order valence-electron chi connectivity index (χ1n) is 12.9. The monoisotopic (exact) mass is 499 g/mol. The standard InChI is InChI=1S/C29H39F2N3O2/c1-18-13-23(20(3)35)27(14-19(18)2)32-9-11-33(12-10-32)28(36)25-17-34(29(4,5)6)16-24(25)22-8-7-21(30)15-26(22)31/h7-8,13-15,20,24-25,35H,9-12,16-17H2,1-6H3/t20?,24-,25+/m0/s1. The molecule has 2 aliphatic rings. The summed E-state index contributed by atoms with van der Waals surface area (Å²) in [6, 6.07) is 7.87. The van der Waals surface area contributed by atoms with Gasteiger partial charge >= 0.3 is 0 Å². The molecule has 36 heavy (non-hydrogen) atoms. The van der Waals surface area contributed by atoms with Crippen LogP contribution in [0.2, 0.25) is 0 Å². The number of piperazine rings is 1. The number of aryl methyl sites for hydroxylation is 2. The Morgan fingerprint density at radius 1 is 1.00 bits per heavy atom. The molecule has 196 valence electrons. The molecule has 2 aliphatic heterocycles. The molecule has 2 aromatic carbocycles. The number of rotatable bonds is 4. The third-order valence-corrected chi connectivity index (χ3v) is 7.97. The van der Waals surface area contributed by atoms with Gasteiger partial charge in [0.2, 0.25) is 5.91 Å². The first-order valence-corrected chi connectivity index (χ1v) is 12.9. The molecule has 0 spiro atoms. The molecule has 1 N–H and O–H groups in total. The van der Waals surface area contributed by atoms with E-state index < -0.39 is 17.7 Å². The Kier molecular flexibility index (Phi) is 7.45. The van der Waals surface area contributed by atoms with Gasteiger partial charge in [0, 0.05) is 68.0 Å². The molecule has 0 aromatic heterocycles. The van der Waals surface area contributed by atoms with Crippen molar-refractivity contribution >= 4 is 11.6 Å². The highest BCUT2D eigenvalue weighted by Crippen LogP contribution is 2.39. The summed E-state index contributed by atoms with van der Waals surface area (Å²) in [5, 5.41) is 10.4. The van der Waals surface area contributed by atoms with Crippen molar-refractivity contribution in [3.8, 4) is 0 Å². The highest BCUT2D eigenvalue weighted by molar-refractivity contribution is 5.81. The second-order valence-corrected chi connectivity index (χ2v) is 11.4. The SMILES string of the molecule is Cc1cc(C(C)O)c(N2CCN(C(=O)[C@@H]3CN(C(C)(C)C)C[C@H]3c3ccc(F)cc3F)CC2)cc1C. The summed E-state index contributed by atoms with van der Waals surface area (Å²) < 4.78 is 28.4. The Morgan fingerprint density at radius 2 is 1.64 bits per heavy atom. The number of amides is 1. The molecule has 0 saturated carbocycles. The van der Waals surface area contributed by atoms with Gasteiger partial charge in [-0.05, 0) is 70.4 Å². The van der Waals surface area contributed by atoms with Crippen molar-refractivity contribution in [3.63, 3.8) is 0 Å². The third kappa shape index (κ3) is 5.28. The van der Waals surface area contributed by atoms with Crippen molar-refractivity contribution in [2.24, 2.45) is 5.92 Å². The fraction of sp³-hybridized carbons (Fsp3) is 0.552. The zero-order valence-electron chi connectivity index (χ0n) is 22.3. The number of carbonyl (C=O) groups excluding carboxylic acids is 1. The van der Waals surface area contributed by atoms with Gasteiger partial charge in [0.05, 0.1) is 12.0 Å². The summed E-state index contributed by atoms with van der Waals surface area (Å²) in [6.45, 7) is 15.8. The number of likely N-dealkylation sites (tertiary alicyclic amines) is 1. The van der Waals surface area contributed by atoms with E-state index in [2.05, 4.69) is 43.6 Å². The zero-order chi connectivity index (χ0) is 26.4. The molecule has 0 radical (unpaired) electrons. The van der Waals surface area contributed by atoms with Gasteiger partial charge in [0.1, 0.15) is 11.6 Å². The minimum Gasteiger partial charge on any atom is -0.389 e. The molecule has 2 saturated heterocycles. The number of nitrogens with zero attached hydrogens (tertiary/aromatic N) is 3. The fourth-order valence-corrected chi connectivity index (χ4v) is 5.55. The van der Waals surface area contributed by atoms with Crippen molar-refractivity contribution in [2.75, 3.05) is 44.2 Å². The number of hydrogen-bond acceptors (Lipinski definition) is 4. The third-order valence-electron chi connectivity index (χ3n) is 7.97. The van der Waals surface area contributed by atoms with Gasteiger partial charge < -0.3 is 14.9 Å². The number of aliphatic hydroxyl groups excluding tert-OH is 1. The van der Waals surface area contributed by atoms with Crippen LogP contribution < -0.4 is 4.90 Å². The van der Waals surface area contributed by atoms with Crippen molar-refractivity contribution in [1.82, 2.24) is 9.80 Å². The van der Waals surface area contributed by atoms with E-state index in [0.29, 0.717) is 44.8 Å². The van der Waals surface area contributed by atoms with E-state index in [-0.39, 0.29) is 23.3 Å². The summed E-state index contributed by atoms with van der Waals surface area (Å²) >= 11 is 0. The predicted octanol–water partition coefficient (Wildman–Crippen LogP) is 4.80. The smallest absolute Gasteiger partial charge is 0.227 e. The van der Waals surface area contributed by atoms with Crippen LogP contribution in [0.1, 0.15) is 62.0 Å². The van der Waals surface area contributed by atoms with E-state index in [4.69, 9.17) is 0 Å². The minimum atomic E-state index is -0.608. The molecule has 0 aliphatic carbocycles. The number of hydrogen-bond donors (Lipinski definition) is 1. The Morgan fingerprint density at radius 3 is 2.22 bits per heavy atom. The maximum absolute atomic E-state index is 14.8. The van der Waals surface area contributed by atoms with Crippen LogP contribution in [0.15, 0.2) is 30.3 Å². The van der Waals surface area contributed by atoms with E-state index in [1.165, 1.54) is 17.7 Å². The normalized spacial score (nSPS) is 22.2. The van der Waals surface area contributed by atoms with Crippen molar-refractivity contribution in [3.05, 3.63) is 64.2 Å². The second-order valence-electron chi connectivity index (χ2n) is 11.4. The Bertz CT molecular complexity index is 1120. The molecule has 5 nitrogen and oxygen atoms in total. The topological polar surface area (TPSA) is 47.0 Å². The van der Waals surface area contributed by atoms with Gasteiger partial charge in [-0.2, -0.15) is 0 Å². The van der Waals surface area contributed by atoms with E-state index >= 15 is 0 Å². The molecular formula is C29H39F2N3O2. The zero-order valence-corrected chi connectivity index (χ0v) is 22.3. The largest absolute Gasteiger partial charge is 0.389 e. The maximum Gasteiger partial charge on any atom is 0.227 e. The van der Waals surface area contributed by atoms with Crippen LogP contribution in [0.5, 0.6) is 0 Å². The molecule has 7 heteroatoms. The van der Waals surface area contributed by atoms with Gasteiger partial charge in [0.25, 0.3) is 0 Å². The predicted molar refractivity (Wildman–Crippen MR) is 139 cm³/mol. The Hall–Kier alpha value is -2.51. The van der Waals surface area contributed by atoms with Gasteiger partial charge in [0.15, 0.2) is 0 Å². The van der Waals surface area contributed by atoms with Gasteiger partial charge in [-0.1, -0.05) is 12.1 Å². The van der Waals surface area contributed by atoms with E-state index in [0.717, 1.165) is 22.9 Å². The lowest BCUT2D eigenvalue weighted by molar-refractivity contribution is -0.136. The number of benzene rings is 2. The molecular weight excluding hydrogens is 460 g/mol. The number of carbonyl (C=O) groups is 1. The van der Waals surface area contributed by atoms with Gasteiger partial charge in [-0.15, -0.1) is 0 Å². The molecule has 1 amide bonds. The first-order chi connectivity index (χ1) is 16.9. The summed E-state index contributed by atoms with van der Waals surface area (Å²) in [5.74, 6) is -1.86. The Labute approximate surface area is 213 Å². The van der Waals surface area contributed by atoms with Gasteiger partial charge in [-0.3, -0.25) is 9.69 Å². The van der Waals surface area contributed by atoms with E-state index in [1.54, 1.807) is 6.92 Å². The summed E-state index contributed by atoms with van der Waals surface area (Å²) in [4.78, 5) is 20.2. The van der Waals surface area contributed by atoms with Crippen molar-refractivity contribution in [1.29, 1.82) is 0 Å². The van der Waals surface area contributed by atoms with Crippen LogP contribution in [-0.2, 0) is 4.79 Å². The molecule has 4 rings (SSSR count). The average Bonchev–Trinajstić information content (AvgIpc) is 3.26. The molecule has 1 unspecified atom stereocenters. The van der Waals surface area contributed by atoms with Crippen LogP contribution >= 0.6 is 0 Å².